The number of benzene rings is 11. The van der Waals surface area contributed by atoms with E-state index >= 15 is 0 Å². The van der Waals surface area contributed by atoms with Gasteiger partial charge in [0.1, 0.15) is 0 Å². The molecule has 0 fully saturated rings. The Morgan fingerprint density at radius 3 is 0.893 bits per heavy atom. The highest BCUT2D eigenvalue weighted by Crippen LogP contribution is 2.48. The quantitative estimate of drug-likeness (QED) is 0.135. The van der Waals surface area contributed by atoms with Gasteiger partial charge in [0.2, 0.25) is 0 Å². The fourth-order valence-electron chi connectivity index (χ4n) is 11.3. The van der Waals surface area contributed by atoms with E-state index in [0.29, 0.717) is 5.82 Å². The molecule has 0 unspecified atom stereocenters. The van der Waals surface area contributed by atoms with Crippen LogP contribution < -0.4 is 26.2 Å². The van der Waals surface area contributed by atoms with Gasteiger partial charge in [0.25, 0.3) is 6.71 Å². The lowest BCUT2D eigenvalue weighted by molar-refractivity contribution is 1.18. The maximum absolute atomic E-state index is 5.51. The van der Waals surface area contributed by atoms with E-state index in [4.69, 9.17) is 9.97 Å². The second-order valence-electron chi connectivity index (χ2n) is 19.3. The fourth-order valence-corrected chi connectivity index (χ4v) is 11.3. The third kappa shape index (κ3) is 7.99. The van der Waals surface area contributed by atoms with Crippen molar-refractivity contribution in [1.29, 1.82) is 0 Å². The Labute approximate surface area is 438 Å². The van der Waals surface area contributed by atoms with Crippen LogP contribution in [0.3, 0.4) is 0 Å². The second kappa shape index (κ2) is 18.6. The molecule has 0 spiro atoms. The molecule has 3 heterocycles. The number of rotatable bonds is 9. The zero-order chi connectivity index (χ0) is 49.7. The molecule has 2 aliphatic rings. The molecule has 0 saturated heterocycles. The lowest BCUT2D eigenvalue weighted by Crippen LogP contribution is -2.61. The van der Waals surface area contributed by atoms with Crippen LogP contribution >= 0.6 is 0 Å². The smallest absolute Gasteiger partial charge is 0.252 e. The monoisotopic (exact) mass is 954 g/mol. The maximum atomic E-state index is 5.51. The van der Waals surface area contributed by atoms with E-state index in [1.807, 2.05) is 0 Å². The Hall–Kier alpha value is -9.84. The van der Waals surface area contributed by atoms with Crippen molar-refractivity contribution in [3.8, 4) is 78.4 Å². The van der Waals surface area contributed by atoms with Gasteiger partial charge in [-0.15, -0.1) is 0 Å². The molecule has 14 rings (SSSR count). The molecular formula is C70H47BN4. The van der Waals surface area contributed by atoms with Gasteiger partial charge in [-0.25, -0.2) is 9.97 Å². The molecule has 1 aromatic heterocycles. The highest BCUT2D eigenvalue weighted by atomic mass is 15.2. The normalized spacial score (nSPS) is 12.2. The van der Waals surface area contributed by atoms with Crippen LogP contribution in [-0.2, 0) is 0 Å². The van der Waals surface area contributed by atoms with Gasteiger partial charge in [-0.3, -0.25) is 0 Å². The summed E-state index contributed by atoms with van der Waals surface area (Å²) in [4.78, 5) is 16.0. The summed E-state index contributed by atoms with van der Waals surface area (Å²) >= 11 is 0. The highest BCUT2D eigenvalue weighted by Gasteiger charge is 2.44. The van der Waals surface area contributed by atoms with E-state index in [0.717, 1.165) is 107 Å². The zero-order valence-corrected chi connectivity index (χ0v) is 41.0. The number of nitrogens with zero attached hydrogens (tertiary/aromatic N) is 4. The van der Waals surface area contributed by atoms with Crippen molar-refractivity contribution < 1.29 is 0 Å². The van der Waals surface area contributed by atoms with Gasteiger partial charge in [0.05, 0.1) is 11.4 Å². The lowest BCUT2D eigenvalue weighted by Gasteiger charge is -2.44. The number of anilines is 6. The van der Waals surface area contributed by atoms with E-state index < -0.39 is 0 Å². The molecular weight excluding hydrogens is 908 g/mol. The Bertz CT molecular complexity index is 3680. The molecule has 0 saturated carbocycles. The summed E-state index contributed by atoms with van der Waals surface area (Å²) in [6.07, 6.45) is 0. The van der Waals surface area contributed by atoms with Gasteiger partial charge in [0.15, 0.2) is 5.82 Å². The molecule has 5 heteroatoms. The summed E-state index contributed by atoms with van der Waals surface area (Å²) in [5.74, 6) is 0.648. The van der Waals surface area contributed by atoms with Crippen molar-refractivity contribution in [2.45, 2.75) is 0 Å². The van der Waals surface area contributed by atoms with Crippen LogP contribution in [-0.4, -0.2) is 16.7 Å². The molecule has 0 N–H and O–H groups in total. The molecule has 0 radical (unpaired) electrons. The Morgan fingerprint density at radius 2 is 0.547 bits per heavy atom. The number of hydrogen-bond donors (Lipinski definition) is 0. The average Bonchev–Trinajstić information content (AvgIpc) is 3.50. The number of para-hydroxylation sites is 2. The number of aromatic nitrogens is 2. The first kappa shape index (κ1) is 43.9. The summed E-state index contributed by atoms with van der Waals surface area (Å²) in [6.45, 7) is -0.0859. The minimum atomic E-state index is -0.0859. The SMILES string of the molecule is c1ccc(-c2cc(-c3ccccc3)cc(N3c4ccccc4B4c5ccccc5N(c5cc(-c6ccccc6)cc(-c6ccccc6)c5)c5cc(-c6nc(-c7ccccc7)cc(-c7ccccc7)n6)cc3c54)c2)cc1. The van der Waals surface area contributed by atoms with Crippen LogP contribution in [0.1, 0.15) is 0 Å². The fraction of sp³-hybridized carbons (Fsp3) is 0. The molecule has 350 valence electrons. The Morgan fingerprint density at radius 1 is 0.240 bits per heavy atom. The first-order valence-corrected chi connectivity index (χ1v) is 25.7. The Balaban J connectivity index is 1.10. The summed E-state index contributed by atoms with van der Waals surface area (Å²) in [5.41, 5.74) is 24.1. The minimum Gasteiger partial charge on any atom is -0.311 e. The van der Waals surface area contributed by atoms with Crippen LogP contribution in [0.2, 0.25) is 0 Å². The lowest BCUT2D eigenvalue weighted by atomic mass is 9.33. The topological polar surface area (TPSA) is 32.3 Å². The molecule has 0 bridgehead atoms. The summed E-state index contributed by atoms with van der Waals surface area (Å²) in [5, 5.41) is 0. The molecule has 0 amide bonds. The van der Waals surface area contributed by atoms with Crippen molar-refractivity contribution in [2.75, 3.05) is 9.80 Å². The van der Waals surface area contributed by atoms with Crippen LogP contribution in [0.15, 0.2) is 285 Å². The first-order chi connectivity index (χ1) is 37.2. The number of fused-ring (bicyclic) bond motifs is 4. The predicted octanol–water partition coefficient (Wildman–Crippen LogP) is 16.2. The average molecular weight is 955 g/mol. The minimum absolute atomic E-state index is 0.0859. The Kier molecular flexibility index (Phi) is 10.9. The van der Waals surface area contributed by atoms with Crippen molar-refractivity contribution in [2.24, 2.45) is 0 Å². The summed E-state index contributed by atoms with van der Waals surface area (Å²) in [6, 6.07) is 103. The van der Waals surface area contributed by atoms with E-state index in [-0.39, 0.29) is 6.71 Å². The van der Waals surface area contributed by atoms with E-state index in [1.165, 1.54) is 16.4 Å². The first-order valence-electron chi connectivity index (χ1n) is 25.7. The standard InChI is InChI=1S/C70H47BN4/c1-7-23-48(24-8-1)54-39-55(49-25-9-2-10-26-49)42-59(41-54)74-65-37-21-19-35-61(65)71-62-36-20-22-38-66(62)75(60-43-56(50-27-11-3-12-28-50)40-57(44-60)51-29-13-4-14-30-51)68-46-58(45-67(74)69(68)71)70-72-63(52-31-15-5-16-32-52)47-64(73-70)53-33-17-6-18-34-53/h1-47H. The molecule has 75 heavy (non-hydrogen) atoms. The third-order valence-corrected chi connectivity index (χ3v) is 14.8. The molecule has 4 nitrogen and oxygen atoms in total. The highest BCUT2D eigenvalue weighted by molar-refractivity contribution is 7.00. The third-order valence-electron chi connectivity index (χ3n) is 14.8. The summed E-state index contributed by atoms with van der Waals surface area (Å²) < 4.78 is 0. The van der Waals surface area contributed by atoms with E-state index in [9.17, 15) is 0 Å². The molecule has 0 aliphatic carbocycles. The predicted molar refractivity (Wildman–Crippen MR) is 314 cm³/mol. The van der Waals surface area contributed by atoms with Gasteiger partial charge in [0, 0.05) is 50.8 Å². The molecule has 12 aromatic rings. The molecule has 11 aromatic carbocycles. The van der Waals surface area contributed by atoms with Gasteiger partial charge in [-0.05, 0) is 128 Å². The van der Waals surface area contributed by atoms with Crippen molar-refractivity contribution in [3.63, 3.8) is 0 Å². The molecule has 0 atom stereocenters. The zero-order valence-electron chi connectivity index (χ0n) is 41.0. The molecule has 2 aliphatic heterocycles. The van der Waals surface area contributed by atoms with Gasteiger partial charge < -0.3 is 9.80 Å². The van der Waals surface area contributed by atoms with Crippen LogP contribution in [0.5, 0.6) is 0 Å². The second-order valence-corrected chi connectivity index (χ2v) is 19.3. The number of hydrogen-bond acceptors (Lipinski definition) is 4. The largest absolute Gasteiger partial charge is 0.311 e. The van der Waals surface area contributed by atoms with Gasteiger partial charge in [-0.1, -0.05) is 218 Å². The van der Waals surface area contributed by atoms with E-state index in [2.05, 4.69) is 295 Å². The summed E-state index contributed by atoms with van der Waals surface area (Å²) in [7, 11) is 0. The van der Waals surface area contributed by atoms with Crippen molar-refractivity contribution in [1.82, 2.24) is 9.97 Å². The van der Waals surface area contributed by atoms with Crippen LogP contribution in [0.4, 0.5) is 34.1 Å². The van der Waals surface area contributed by atoms with Gasteiger partial charge >= 0.3 is 0 Å². The van der Waals surface area contributed by atoms with Crippen LogP contribution in [0.25, 0.3) is 78.4 Å². The van der Waals surface area contributed by atoms with Crippen molar-refractivity contribution >= 4 is 57.2 Å². The van der Waals surface area contributed by atoms with E-state index in [1.54, 1.807) is 0 Å². The van der Waals surface area contributed by atoms with Crippen molar-refractivity contribution in [3.05, 3.63) is 285 Å². The van der Waals surface area contributed by atoms with Gasteiger partial charge in [-0.2, -0.15) is 0 Å². The maximum Gasteiger partial charge on any atom is 0.252 e. The van der Waals surface area contributed by atoms with Crippen LogP contribution in [0, 0.1) is 0 Å².